The molecular formula is C19H22N8OS. The highest BCUT2D eigenvalue weighted by Crippen LogP contribution is 2.30. The number of anilines is 3. The average Bonchev–Trinajstić information content (AvgIpc) is 3.19. The van der Waals surface area contributed by atoms with Crippen LogP contribution in [0.5, 0.6) is 0 Å². The van der Waals surface area contributed by atoms with Gasteiger partial charge in [-0.15, -0.1) is 21.5 Å². The topological polar surface area (TPSA) is 145 Å². The molecule has 0 radical (unpaired) electrons. The molecule has 2 atom stereocenters. The third kappa shape index (κ3) is 4.49. The molecule has 0 aromatic carbocycles. The molecule has 1 aliphatic rings. The highest BCUT2D eigenvalue weighted by atomic mass is 32.1. The number of rotatable bonds is 6. The van der Waals surface area contributed by atoms with Crippen molar-refractivity contribution in [2.45, 2.75) is 37.8 Å². The Morgan fingerprint density at radius 1 is 1.21 bits per heavy atom. The standard InChI is InChI=1S/C19H22N8OS/c20-12-5-1-2-7-14(12)23-19-25-18(16(17(21)28)26-27-19)24-15-9-11(10-29-15)13-6-3-4-8-22-13/h3-4,6,8-10,12,14H,1-2,5,7,20H2,(H2,21,28)(H2,23,24,25,27)/t12-,14+/m0/s1. The molecule has 1 amide bonds. The first-order valence-electron chi connectivity index (χ1n) is 9.44. The highest BCUT2D eigenvalue weighted by Gasteiger charge is 2.23. The molecule has 0 bridgehead atoms. The number of carbonyl (C=O) groups excluding carboxylic acids is 1. The van der Waals surface area contributed by atoms with E-state index in [0.29, 0.717) is 5.95 Å². The van der Waals surface area contributed by atoms with E-state index < -0.39 is 5.91 Å². The fourth-order valence-electron chi connectivity index (χ4n) is 3.33. The fraction of sp³-hybridized carbons (Fsp3) is 0.316. The third-order valence-corrected chi connectivity index (χ3v) is 5.70. The Hall–Kier alpha value is -3.11. The van der Waals surface area contributed by atoms with Gasteiger partial charge in [-0.3, -0.25) is 9.78 Å². The number of pyridine rings is 1. The van der Waals surface area contributed by atoms with Crippen molar-refractivity contribution in [2.75, 3.05) is 10.6 Å². The van der Waals surface area contributed by atoms with Gasteiger partial charge < -0.3 is 22.1 Å². The molecule has 1 fully saturated rings. The Balaban J connectivity index is 1.57. The van der Waals surface area contributed by atoms with Crippen molar-refractivity contribution in [2.24, 2.45) is 11.5 Å². The van der Waals surface area contributed by atoms with Crippen LogP contribution in [0.25, 0.3) is 11.3 Å². The van der Waals surface area contributed by atoms with Crippen molar-refractivity contribution in [3.8, 4) is 11.3 Å². The van der Waals surface area contributed by atoms with Crippen molar-refractivity contribution >= 4 is 34.0 Å². The van der Waals surface area contributed by atoms with Gasteiger partial charge in [0.15, 0.2) is 11.5 Å². The summed E-state index contributed by atoms with van der Waals surface area (Å²) in [6.45, 7) is 0. The molecule has 4 rings (SSSR count). The van der Waals surface area contributed by atoms with Crippen molar-refractivity contribution < 1.29 is 4.79 Å². The van der Waals surface area contributed by atoms with E-state index in [-0.39, 0.29) is 23.6 Å². The normalized spacial score (nSPS) is 18.9. The number of thiophene rings is 1. The van der Waals surface area contributed by atoms with Crippen LogP contribution in [0.2, 0.25) is 0 Å². The Labute approximate surface area is 172 Å². The van der Waals surface area contributed by atoms with Gasteiger partial charge in [0.05, 0.1) is 10.7 Å². The zero-order chi connectivity index (χ0) is 20.2. The second-order valence-electron chi connectivity index (χ2n) is 6.94. The first-order valence-corrected chi connectivity index (χ1v) is 10.3. The van der Waals surface area contributed by atoms with E-state index in [1.54, 1.807) is 6.20 Å². The molecular weight excluding hydrogens is 388 g/mol. The Morgan fingerprint density at radius 3 is 2.83 bits per heavy atom. The molecule has 9 nitrogen and oxygen atoms in total. The summed E-state index contributed by atoms with van der Waals surface area (Å²) in [6.07, 6.45) is 5.88. The molecule has 0 spiro atoms. The van der Waals surface area contributed by atoms with Gasteiger partial charge in [0.2, 0.25) is 5.95 Å². The number of aromatic nitrogens is 4. The van der Waals surface area contributed by atoms with Crippen LogP contribution in [-0.2, 0) is 0 Å². The second-order valence-corrected chi connectivity index (χ2v) is 7.85. The van der Waals surface area contributed by atoms with E-state index in [2.05, 4.69) is 30.8 Å². The van der Waals surface area contributed by atoms with Gasteiger partial charge in [0.1, 0.15) is 0 Å². The Morgan fingerprint density at radius 2 is 2.07 bits per heavy atom. The Bertz CT molecular complexity index is 993. The molecule has 10 heteroatoms. The summed E-state index contributed by atoms with van der Waals surface area (Å²) < 4.78 is 0. The average molecular weight is 411 g/mol. The van der Waals surface area contributed by atoms with Crippen LogP contribution in [0, 0.1) is 0 Å². The van der Waals surface area contributed by atoms with Gasteiger partial charge in [0.25, 0.3) is 5.91 Å². The quantitative estimate of drug-likeness (QED) is 0.485. The molecule has 1 aliphatic carbocycles. The monoisotopic (exact) mass is 410 g/mol. The number of nitrogens with zero attached hydrogens (tertiary/aromatic N) is 4. The molecule has 0 saturated heterocycles. The summed E-state index contributed by atoms with van der Waals surface area (Å²) in [7, 11) is 0. The number of nitrogens with one attached hydrogen (secondary N) is 2. The van der Waals surface area contributed by atoms with Crippen LogP contribution in [-0.4, -0.2) is 38.2 Å². The van der Waals surface area contributed by atoms with Crippen molar-refractivity contribution in [3.63, 3.8) is 0 Å². The van der Waals surface area contributed by atoms with E-state index in [1.807, 2.05) is 29.6 Å². The SMILES string of the molecule is NC(=O)c1nnc(N[C@@H]2CCCC[C@@H]2N)nc1Nc1cc(-c2ccccn2)cs1. The summed E-state index contributed by atoms with van der Waals surface area (Å²) in [5.74, 6) is -0.120. The van der Waals surface area contributed by atoms with Crippen molar-refractivity contribution in [1.82, 2.24) is 20.2 Å². The summed E-state index contributed by atoms with van der Waals surface area (Å²) in [6, 6.07) is 7.79. The molecule has 3 aromatic rings. The fourth-order valence-corrected chi connectivity index (χ4v) is 4.12. The minimum atomic E-state index is -0.699. The van der Waals surface area contributed by atoms with Crippen LogP contribution in [0.3, 0.4) is 0 Å². The van der Waals surface area contributed by atoms with Crippen molar-refractivity contribution in [3.05, 3.63) is 41.5 Å². The van der Waals surface area contributed by atoms with Gasteiger partial charge in [-0.1, -0.05) is 18.9 Å². The van der Waals surface area contributed by atoms with Crippen LogP contribution in [0.1, 0.15) is 36.2 Å². The first kappa shape index (κ1) is 19.2. The summed E-state index contributed by atoms with van der Waals surface area (Å²) >= 11 is 1.47. The van der Waals surface area contributed by atoms with E-state index >= 15 is 0 Å². The van der Waals surface area contributed by atoms with Gasteiger partial charge >= 0.3 is 0 Å². The third-order valence-electron chi connectivity index (χ3n) is 4.86. The van der Waals surface area contributed by atoms with E-state index in [4.69, 9.17) is 11.5 Å². The van der Waals surface area contributed by atoms with Gasteiger partial charge in [-0.2, -0.15) is 4.98 Å². The largest absolute Gasteiger partial charge is 0.364 e. The predicted molar refractivity (Wildman–Crippen MR) is 113 cm³/mol. The smallest absolute Gasteiger partial charge is 0.273 e. The van der Waals surface area contributed by atoms with Crippen molar-refractivity contribution in [1.29, 1.82) is 0 Å². The lowest BCUT2D eigenvalue weighted by molar-refractivity contribution is 0.0995. The number of hydrogen-bond acceptors (Lipinski definition) is 9. The van der Waals surface area contributed by atoms with Gasteiger partial charge in [-0.05, 0) is 31.0 Å². The molecule has 0 unspecified atom stereocenters. The van der Waals surface area contributed by atoms with E-state index in [1.165, 1.54) is 11.3 Å². The molecule has 150 valence electrons. The zero-order valence-corrected chi connectivity index (χ0v) is 16.5. The molecule has 0 aliphatic heterocycles. The molecule has 1 saturated carbocycles. The minimum absolute atomic E-state index is 0.0173. The second kappa shape index (κ2) is 8.50. The number of nitrogens with two attached hydrogens (primary N) is 2. The number of amides is 1. The van der Waals surface area contributed by atoms with Gasteiger partial charge in [0, 0.05) is 29.2 Å². The van der Waals surface area contributed by atoms with Crippen LogP contribution < -0.4 is 22.1 Å². The molecule has 6 N–H and O–H groups in total. The number of carbonyl (C=O) groups is 1. The zero-order valence-electron chi connectivity index (χ0n) is 15.7. The van der Waals surface area contributed by atoms with Crippen LogP contribution in [0.15, 0.2) is 35.8 Å². The molecule has 29 heavy (non-hydrogen) atoms. The lowest BCUT2D eigenvalue weighted by Crippen LogP contribution is -2.43. The van der Waals surface area contributed by atoms with Crippen LogP contribution in [0.4, 0.5) is 16.8 Å². The maximum Gasteiger partial charge on any atom is 0.273 e. The van der Waals surface area contributed by atoms with Crippen LogP contribution >= 0.6 is 11.3 Å². The number of primary amides is 1. The maximum absolute atomic E-state index is 11.8. The summed E-state index contributed by atoms with van der Waals surface area (Å²) in [5, 5.41) is 17.1. The van der Waals surface area contributed by atoms with E-state index in [9.17, 15) is 4.79 Å². The van der Waals surface area contributed by atoms with E-state index in [0.717, 1.165) is 41.9 Å². The Kier molecular flexibility index (Phi) is 5.63. The predicted octanol–water partition coefficient (Wildman–Crippen LogP) is 2.52. The first-order chi connectivity index (χ1) is 14.1. The highest BCUT2D eigenvalue weighted by molar-refractivity contribution is 7.14. The molecule has 3 heterocycles. The maximum atomic E-state index is 11.8. The lowest BCUT2D eigenvalue weighted by atomic mass is 9.91. The lowest BCUT2D eigenvalue weighted by Gasteiger charge is -2.29. The van der Waals surface area contributed by atoms with Gasteiger partial charge in [-0.25, -0.2) is 0 Å². The summed E-state index contributed by atoms with van der Waals surface area (Å²) in [4.78, 5) is 20.6. The summed E-state index contributed by atoms with van der Waals surface area (Å²) in [5.41, 5.74) is 13.5. The minimum Gasteiger partial charge on any atom is -0.364 e. The number of hydrogen-bond donors (Lipinski definition) is 4. The molecule has 3 aromatic heterocycles.